The largest absolute Gasteiger partial charge is 0.462 e. The minimum Gasteiger partial charge on any atom is -0.462 e. The Bertz CT molecular complexity index is 892. The summed E-state index contributed by atoms with van der Waals surface area (Å²) in [4.78, 5) is 11.9. The van der Waals surface area contributed by atoms with Crippen LogP contribution in [0.4, 0.5) is 0 Å². The van der Waals surface area contributed by atoms with Gasteiger partial charge in [-0.15, -0.1) is 0 Å². The Morgan fingerprint density at radius 3 is 2.50 bits per heavy atom. The molecule has 0 N–H and O–H groups in total. The normalized spacial score (nSPS) is 38.3. The summed E-state index contributed by atoms with van der Waals surface area (Å²) in [5.74, 6) is 4.54. The summed E-state index contributed by atoms with van der Waals surface area (Å²) in [7, 11) is -1.14. The van der Waals surface area contributed by atoms with Crippen molar-refractivity contribution in [2.24, 2.45) is 46.3 Å². The van der Waals surface area contributed by atoms with Gasteiger partial charge in [-0.2, -0.15) is 0 Å². The van der Waals surface area contributed by atoms with E-state index in [9.17, 15) is 4.79 Å². The first kappa shape index (κ1) is 32.3. The maximum absolute atomic E-state index is 11.9. The summed E-state index contributed by atoms with van der Waals surface area (Å²) >= 11 is 0. The fourth-order valence-electron chi connectivity index (χ4n) is 9.82. The zero-order chi connectivity index (χ0) is 29.3. The molecule has 4 rings (SSSR count). The number of carbonyl (C=O) groups is 1. The Morgan fingerprint density at radius 1 is 1.07 bits per heavy atom. The predicted molar refractivity (Wildman–Crippen MR) is 168 cm³/mol. The van der Waals surface area contributed by atoms with Crippen molar-refractivity contribution in [3.63, 3.8) is 0 Å². The van der Waals surface area contributed by atoms with E-state index < -0.39 is 8.07 Å². The third kappa shape index (κ3) is 6.94. The van der Waals surface area contributed by atoms with Crippen molar-refractivity contribution < 1.29 is 19.0 Å². The predicted octanol–water partition coefficient (Wildman–Crippen LogP) is 9.27. The van der Waals surface area contributed by atoms with E-state index in [4.69, 9.17) is 14.2 Å². The molecule has 0 saturated heterocycles. The standard InChI is InChI=1S/C35H62O4Si/c1-24(2)11-10-12-25(3)30-15-16-31-29-14-13-27-21-28(39-26(4)36)22-33(38-23-37-19-20-40(7,8)9)35(27,6)32(29)17-18-34(30,31)5/h13,24-25,28-33H,10-12,14-23H2,1-9H3/t25-,28-,29+,30-,31+,32+,33+,34-,35+/m1/s1. The summed E-state index contributed by atoms with van der Waals surface area (Å²) in [6.45, 7) is 22.3. The summed E-state index contributed by atoms with van der Waals surface area (Å²) < 4.78 is 18.5. The average Bonchev–Trinajstić information content (AvgIpc) is 3.20. The first-order chi connectivity index (χ1) is 18.8. The molecule has 4 aliphatic rings. The number of allylic oxidation sites excluding steroid dienone is 1. The lowest BCUT2D eigenvalue weighted by Crippen LogP contribution is -2.56. The van der Waals surface area contributed by atoms with Crippen LogP contribution < -0.4 is 0 Å². The highest BCUT2D eigenvalue weighted by molar-refractivity contribution is 6.76. The average molecular weight is 575 g/mol. The van der Waals surface area contributed by atoms with Crippen LogP contribution in [0.25, 0.3) is 0 Å². The van der Waals surface area contributed by atoms with Crippen molar-refractivity contribution in [2.75, 3.05) is 13.4 Å². The minimum atomic E-state index is -1.14. The molecule has 0 aromatic rings. The molecular formula is C35H62O4Si. The maximum Gasteiger partial charge on any atom is 0.302 e. The van der Waals surface area contributed by atoms with Crippen molar-refractivity contribution >= 4 is 14.0 Å². The highest BCUT2D eigenvalue weighted by atomic mass is 28.3. The Labute approximate surface area is 247 Å². The molecule has 4 nitrogen and oxygen atoms in total. The lowest BCUT2D eigenvalue weighted by molar-refractivity contribution is -0.179. The molecule has 5 heteroatoms. The Hall–Kier alpha value is -0.653. The molecule has 230 valence electrons. The van der Waals surface area contributed by atoms with E-state index in [2.05, 4.69) is 60.3 Å². The van der Waals surface area contributed by atoms with Crippen LogP contribution in [0.2, 0.25) is 25.7 Å². The Kier molecular flexibility index (Phi) is 10.4. The van der Waals surface area contributed by atoms with E-state index in [0.29, 0.717) is 18.1 Å². The van der Waals surface area contributed by atoms with Crippen molar-refractivity contribution in [3.8, 4) is 0 Å². The van der Waals surface area contributed by atoms with Gasteiger partial charge in [0, 0.05) is 39.9 Å². The SMILES string of the molecule is CC(=O)O[C@@H]1CC2=CC[C@H]3[C@@H]4CC[C@H]([C@H](C)CCCC(C)C)[C@@]4(C)CC[C@@H]3[C@@]2(C)[C@@H](OCOCC[Si](C)(C)C)C1. The quantitative estimate of drug-likeness (QED) is 0.0766. The minimum absolute atomic E-state index is 0.00397. The Balaban J connectivity index is 1.50. The molecule has 3 saturated carbocycles. The lowest BCUT2D eigenvalue weighted by atomic mass is 9.46. The van der Waals surface area contributed by atoms with Gasteiger partial charge < -0.3 is 14.2 Å². The maximum atomic E-state index is 11.9. The number of rotatable bonds is 12. The third-order valence-electron chi connectivity index (χ3n) is 12.0. The lowest BCUT2D eigenvalue weighted by Gasteiger charge is -2.60. The summed E-state index contributed by atoms with van der Waals surface area (Å²) in [6, 6.07) is 1.15. The number of hydrogen-bond acceptors (Lipinski definition) is 4. The molecule has 0 aliphatic heterocycles. The fraction of sp³-hybridized carbons (Fsp3) is 0.914. The van der Waals surface area contributed by atoms with E-state index in [1.54, 1.807) is 0 Å². The van der Waals surface area contributed by atoms with Crippen LogP contribution in [0.1, 0.15) is 106 Å². The third-order valence-corrected chi connectivity index (χ3v) is 13.7. The van der Waals surface area contributed by atoms with Gasteiger partial charge in [-0.1, -0.05) is 85.2 Å². The van der Waals surface area contributed by atoms with Crippen molar-refractivity contribution in [3.05, 3.63) is 11.6 Å². The molecular weight excluding hydrogens is 512 g/mol. The van der Waals surface area contributed by atoms with E-state index in [1.165, 1.54) is 63.9 Å². The number of hydrogen-bond donors (Lipinski definition) is 0. The van der Waals surface area contributed by atoms with Gasteiger partial charge >= 0.3 is 5.97 Å². The topological polar surface area (TPSA) is 44.8 Å². The monoisotopic (exact) mass is 574 g/mol. The van der Waals surface area contributed by atoms with Gasteiger partial charge in [0.05, 0.1) is 6.10 Å². The van der Waals surface area contributed by atoms with Crippen LogP contribution in [-0.4, -0.2) is 39.7 Å². The Morgan fingerprint density at radius 2 is 1.82 bits per heavy atom. The molecule has 0 aromatic heterocycles. The summed E-state index contributed by atoms with van der Waals surface area (Å²) in [5.41, 5.74) is 1.97. The first-order valence-corrected chi connectivity index (χ1v) is 20.5. The molecule has 0 spiro atoms. The first-order valence-electron chi connectivity index (χ1n) is 16.8. The second kappa shape index (κ2) is 12.9. The van der Waals surface area contributed by atoms with Gasteiger partial charge in [0.15, 0.2) is 0 Å². The van der Waals surface area contributed by atoms with E-state index in [0.717, 1.165) is 55.1 Å². The van der Waals surface area contributed by atoms with Gasteiger partial charge in [0.2, 0.25) is 0 Å². The molecule has 0 aromatic carbocycles. The molecule has 0 radical (unpaired) electrons. The van der Waals surface area contributed by atoms with Crippen LogP contribution in [0, 0.1) is 46.3 Å². The summed E-state index contributed by atoms with van der Waals surface area (Å²) in [6.07, 6.45) is 15.0. The van der Waals surface area contributed by atoms with E-state index in [1.807, 2.05) is 0 Å². The number of carbonyl (C=O) groups excluding carboxylic acids is 1. The molecule has 0 bridgehead atoms. The van der Waals surface area contributed by atoms with Crippen molar-refractivity contribution in [2.45, 2.75) is 144 Å². The summed E-state index contributed by atoms with van der Waals surface area (Å²) in [5, 5.41) is 0. The molecule has 3 fully saturated rings. The van der Waals surface area contributed by atoms with Crippen LogP contribution in [0.3, 0.4) is 0 Å². The van der Waals surface area contributed by atoms with Gasteiger partial charge in [-0.3, -0.25) is 4.79 Å². The highest BCUT2D eigenvalue weighted by Crippen LogP contribution is 2.67. The van der Waals surface area contributed by atoms with E-state index in [-0.39, 0.29) is 23.6 Å². The second-order valence-electron chi connectivity index (χ2n) is 16.3. The molecule has 0 unspecified atom stereocenters. The number of fused-ring (bicyclic) bond motifs is 5. The molecule has 40 heavy (non-hydrogen) atoms. The van der Waals surface area contributed by atoms with Gasteiger partial charge in [0.25, 0.3) is 0 Å². The fourth-order valence-corrected chi connectivity index (χ4v) is 10.6. The zero-order valence-corrected chi connectivity index (χ0v) is 28.5. The van der Waals surface area contributed by atoms with Gasteiger partial charge in [0.1, 0.15) is 12.9 Å². The van der Waals surface area contributed by atoms with Crippen LogP contribution in [-0.2, 0) is 19.0 Å². The van der Waals surface area contributed by atoms with Crippen LogP contribution in [0.15, 0.2) is 11.6 Å². The van der Waals surface area contributed by atoms with Crippen molar-refractivity contribution in [1.82, 2.24) is 0 Å². The van der Waals surface area contributed by atoms with Crippen LogP contribution >= 0.6 is 0 Å². The second-order valence-corrected chi connectivity index (χ2v) is 21.9. The van der Waals surface area contributed by atoms with Gasteiger partial charge in [-0.05, 0) is 79.1 Å². The molecule has 0 heterocycles. The van der Waals surface area contributed by atoms with Crippen LogP contribution in [0.5, 0.6) is 0 Å². The highest BCUT2D eigenvalue weighted by Gasteiger charge is 2.61. The van der Waals surface area contributed by atoms with Gasteiger partial charge in [-0.25, -0.2) is 0 Å². The molecule has 0 amide bonds. The number of esters is 1. The number of ether oxygens (including phenoxy) is 3. The van der Waals surface area contributed by atoms with Crippen molar-refractivity contribution in [1.29, 1.82) is 0 Å². The zero-order valence-electron chi connectivity index (χ0n) is 27.5. The molecule has 9 atom stereocenters. The smallest absolute Gasteiger partial charge is 0.302 e. The van der Waals surface area contributed by atoms with E-state index >= 15 is 0 Å². The molecule has 4 aliphatic carbocycles.